The average molecular weight is 512 g/mol. The number of allylic oxidation sites excluding steroid dienone is 1. The normalized spacial score (nSPS) is 22.9. The van der Waals surface area contributed by atoms with Crippen molar-refractivity contribution in [1.29, 1.82) is 0 Å². The second-order valence-corrected chi connectivity index (χ2v) is 11.7. The van der Waals surface area contributed by atoms with Crippen molar-refractivity contribution in [2.45, 2.75) is 58.5 Å². The molecule has 0 spiro atoms. The number of hydrogen-bond donors (Lipinski definition) is 1. The SMILES string of the molecule is CCCS(=O)(=O)N(CC(O)C(F)F)C[C@H]1CCC2=Cc3c(cnn3-c3ccc(F)cc3)C[C@@]21CC. The van der Waals surface area contributed by atoms with Crippen LogP contribution in [0, 0.1) is 17.2 Å². The zero-order valence-corrected chi connectivity index (χ0v) is 20.8. The van der Waals surface area contributed by atoms with Crippen LogP contribution in [0.5, 0.6) is 0 Å². The van der Waals surface area contributed by atoms with Crippen molar-refractivity contribution in [3.05, 3.63) is 53.1 Å². The number of aliphatic hydroxyl groups is 1. The number of aliphatic hydroxyl groups excluding tert-OH is 1. The number of benzene rings is 1. The lowest BCUT2D eigenvalue weighted by Gasteiger charge is -2.40. The van der Waals surface area contributed by atoms with Crippen molar-refractivity contribution >= 4 is 16.1 Å². The standard InChI is InChI=1S/C25H32F3N3O3S/c1-3-11-35(33,34)30(16-23(32)24(27)28)15-19-6-5-18-12-22-17(13-25(18,19)4-2)14-29-31(22)21-9-7-20(26)8-10-21/h7-10,12,14,19,23-24,32H,3-6,11,13,15-16H2,1-2H3/t19-,23?,25+/m1/s1. The molecule has 0 aliphatic heterocycles. The fraction of sp³-hybridized carbons (Fsp3) is 0.560. The third-order valence-electron chi connectivity index (χ3n) is 7.55. The zero-order chi connectivity index (χ0) is 25.4. The largest absolute Gasteiger partial charge is 0.386 e. The molecule has 1 fully saturated rings. The van der Waals surface area contributed by atoms with Gasteiger partial charge in [-0.3, -0.25) is 0 Å². The highest BCUT2D eigenvalue weighted by Crippen LogP contribution is 2.55. The first-order chi connectivity index (χ1) is 16.6. The van der Waals surface area contributed by atoms with Crippen LogP contribution in [0.15, 0.2) is 36.0 Å². The maximum atomic E-state index is 13.4. The zero-order valence-electron chi connectivity index (χ0n) is 20.0. The highest BCUT2D eigenvalue weighted by molar-refractivity contribution is 7.89. The maximum absolute atomic E-state index is 13.4. The number of halogens is 3. The molecule has 0 saturated heterocycles. The Morgan fingerprint density at radius 2 is 1.97 bits per heavy atom. The van der Waals surface area contributed by atoms with Crippen LogP contribution in [0.25, 0.3) is 11.8 Å². The molecule has 1 aromatic carbocycles. The van der Waals surface area contributed by atoms with Crippen LogP contribution in [0.4, 0.5) is 13.2 Å². The van der Waals surface area contributed by atoms with E-state index in [9.17, 15) is 26.7 Å². The molecule has 2 aliphatic rings. The molecule has 4 rings (SSSR count). The van der Waals surface area contributed by atoms with Gasteiger partial charge in [-0.2, -0.15) is 9.40 Å². The molecule has 1 aromatic heterocycles. The molecule has 1 saturated carbocycles. The molecular formula is C25H32F3N3O3S. The van der Waals surface area contributed by atoms with Gasteiger partial charge in [-0.25, -0.2) is 26.3 Å². The maximum Gasteiger partial charge on any atom is 0.265 e. The number of hydrogen-bond acceptors (Lipinski definition) is 4. The van der Waals surface area contributed by atoms with Gasteiger partial charge in [-0.05, 0) is 79.3 Å². The topological polar surface area (TPSA) is 75.4 Å². The van der Waals surface area contributed by atoms with Crippen LogP contribution in [-0.4, -0.2) is 59.0 Å². The number of alkyl halides is 2. The van der Waals surface area contributed by atoms with Gasteiger partial charge in [0.1, 0.15) is 11.9 Å². The molecule has 2 aliphatic carbocycles. The van der Waals surface area contributed by atoms with Crippen molar-refractivity contribution < 1.29 is 26.7 Å². The van der Waals surface area contributed by atoms with Gasteiger partial charge in [-0.1, -0.05) is 19.4 Å². The van der Waals surface area contributed by atoms with E-state index in [1.807, 2.05) is 0 Å². The summed E-state index contributed by atoms with van der Waals surface area (Å²) in [6, 6.07) is 6.12. The molecule has 2 aromatic rings. The van der Waals surface area contributed by atoms with Crippen LogP contribution in [-0.2, 0) is 16.4 Å². The third-order valence-corrected chi connectivity index (χ3v) is 9.56. The second kappa shape index (κ2) is 10.1. The van der Waals surface area contributed by atoms with E-state index >= 15 is 0 Å². The Morgan fingerprint density at radius 3 is 2.60 bits per heavy atom. The Morgan fingerprint density at radius 1 is 1.26 bits per heavy atom. The van der Waals surface area contributed by atoms with Crippen molar-refractivity contribution in [1.82, 2.24) is 14.1 Å². The Balaban J connectivity index is 1.65. The Labute approximate surface area is 204 Å². The number of aromatic nitrogens is 2. The average Bonchev–Trinajstić information content (AvgIpc) is 3.38. The summed E-state index contributed by atoms with van der Waals surface area (Å²) in [5, 5.41) is 14.3. The van der Waals surface area contributed by atoms with E-state index in [-0.39, 0.29) is 29.4 Å². The Hall–Kier alpha value is -2.17. The second-order valence-electron chi connectivity index (χ2n) is 9.57. The van der Waals surface area contributed by atoms with E-state index in [4.69, 9.17) is 0 Å². The summed E-state index contributed by atoms with van der Waals surface area (Å²) >= 11 is 0. The molecule has 0 amide bonds. The van der Waals surface area contributed by atoms with Crippen LogP contribution < -0.4 is 0 Å². The van der Waals surface area contributed by atoms with Crippen molar-refractivity contribution in [3.8, 4) is 5.69 Å². The minimum absolute atomic E-state index is 0.0717. The highest BCUT2D eigenvalue weighted by atomic mass is 32.2. The van der Waals surface area contributed by atoms with Gasteiger partial charge in [0.15, 0.2) is 0 Å². The van der Waals surface area contributed by atoms with Gasteiger partial charge in [0.2, 0.25) is 10.0 Å². The first kappa shape index (κ1) is 25.9. The fourth-order valence-corrected chi connectivity index (χ4v) is 7.26. The minimum Gasteiger partial charge on any atom is -0.386 e. The lowest BCUT2D eigenvalue weighted by Crippen LogP contribution is -2.46. The molecule has 3 atom stereocenters. The summed E-state index contributed by atoms with van der Waals surface area (Å²) in [6.07, 6.45) is 2.17. The first-order valence-corrected chi connectivity index (χ1v) is 13.7. The first-order valence-electron chi connectivity index (χ1n) is 12.1. The lowest BCUT2D eigenvalue weighted by atomic mass is 9.66. The van der Waals surface area contributed by atoms with E-state index in [0.29, 0.717) is 12.8 Å². The van der Waals surface area contributed by atoms with Crippen LogP contribution in [0.2, 0.25) is 0 Å². The summed E-state index contributed by atoms with van der Waals surface area (Å²) in [6.45, 7) is 3.28. The smallest absolute Gasteiger partial charge is 0.265 e. The molecule has 192 valence electrons. The molecule has 1 heterocycles. The molecule has 35 heavy (non-hydrogen) atoms. The monoisotopic (exact) mass is 511 g/mol. The Bertz CT molecular complexity index is 1180. The number of nitrogens with zero attached hydrogens (tertiary/aromatic N) is 3. The minimum atomic E-state index is -3.78. The van der Waals surface area contributed by atoms with Crippen LogP contribution in [0.3, 0.4) is 0 Å². The number of fused-ring (bicyclic) bond motifs is 2. The highest BCUT2D eigenvalue weighted by Gasteiger charge is 2.49. The summed E-state index contributed by atoms with van der Waals surface area (Å²) < 4.78 is 68.3. The van der Waals surface area contributed by atoms with Gasteiger partial charge in [0, 0.05) is 13.1 Å². The summed E-state index contributed by atoms with van der Waals surface area (Å²) in [5.41, 5.74) is 3.59. The molecule has 1 N–H and O–H groups in total. The van der Waals surface area contributed by atoms with Crippen molar-refractivity contribution in [2.75, 3.05) is 18.8 Å². The van der Waals surface area contributed by atoms with Gasteiger partial charge in [0.05, 0.1) is 23.3 Å². The van der Waals surface area contributed by atoms with E-state index in [1.165, 1.54) is 17.7 Å². The lowest BCUT2D eigenvalue weighted by molar-refractivity contribution is -0.0152. The summed E-state index contributed by atoms with van der Waals surface area (Å²) in [4.78, 5) is 0. The van der Waals surface area contributed by atoms with Gasteiger partial charge < -0.3 is 5.11 Å². The molecule has 0 radical (unpaired) electrons. The van der Waals surface area contributed by atoms with Crippen molar-refractivity contribution in [3.63, 3.8) is 0 Å². The van der Waals surface area contributed by atoms with E-state index in [2.05, 4.69) is 18.1 Å². The van der Waals surface area contributed by atoms with Gasteiger partial charge in [0.25, 0.3) is 6.43 Å². The number of sulfonamides is 1. The van der Waals surface area contributed by atoms with Gasteiger partial charge >= 0.3 is 0 Å². The quantitative estimate of drug-likeness (QED) is 0.512. The van der Waals surface area contributed by atoms with E-state index < -0.39 is 29.1 Å². The van der Waals surface area contributed by atoms with E-state index in [0.717, 1.165) is 40.5 Å². The molecule has 1 unspecified atom stereocenters. The predicted octanol–water partition coefficient (Wildman–Crippen LogP) is 4.43. The summed E-state index contributed by atoms with van der Waals surface area (Å²) in [5.74, 6) is -0.541. The molecule has 0 bridgehead atoms. The third kappa shape index (κ3) is 4.93. The van der Waals surface area contributed by atoms with Crippen molar-refractivity contribution in [2.24, 2.45) is 11.3 Å². The molecular weight excluding hydrogens is 479 g/mol. The predicted molar refractivity (Wildman–Crippen MR) is 128 cm³/mol. The van der Waals surface area contributed by atoms with E-state index in [1.54, 1.807) is 29.9 Å². The summed E-state index contributed by atoms with van der Waals surface area (Å²) in [7, 11) is -3.78. The van der Waals surface area contributed by atoms with Crippen LogP contribution >= 0.6 is 0 Å². The molecule has 10 heteroatoms. The van der Waals surface area contributed by atoms with Gasteiger partial charge in [-0.15, -0.1) is 0 Å². The molecule has 6 nitrogen and oxygen atoms in total. The fourth-order valence-electron chi connectivity index (χ4n) is 5.70. The number of rotatable bonds is 10. The Kier molecular flexibility index (Phi) is 7.45. The van der Waals surface area contributed by atoms with Crippen LogP contribution in [0.1, 0.15) is 50.8 Å².